The number of halogens is 1. The largest absolute Gasteiger partial charge is 0.348 e. The normalized spacial score (nSPS) is 10.4. The average molecular weight is 356 g/mol. The lowest BCUT2D eigenvalue weighted by Gasteiger charge is -2.03. The Balaban J connectivity index is 1.68. The Morgan fingerprint density at radius 3 is 2.55 bits per heavy atom. The second-order valence-electron chi connectivity index (χ2n) is 4.82. The van der Waals surface area contributed by atoms with Crippen LogP contribution in [0.1, 0.15) is 15.9 Å². The van der Waals surface area contributed by atoms with Crippen molar-refractivity contribution in [3.8, 4) is 5.69 Å². The van der Waals surface area contributed by atoms with Crippen molar-refractivity contribution < 1.29 is 4.79 Å². The summed E-state index contributed by atoms with van der Waals surface area (Å²) in [6.45, 7) is 0.503. The third-order valence-electron chi connectivity index (χ3n) is 3.23. The van der Waals surface area contributed by atoms with Gasteiger partial charge in [-0.25, -0.2) is 4.68 Å². The van der Waals surface area contributed by atoms with Gasteiger partial charge in [-0.1, -0.05) is 46.3 Å². The second kappa shape index (κ2) is 6.58. The summed E-state index contributed by atoms with van der Waals surface area (Å²) in [5.74, 6) is -0.132. The highest BCUT2D eigenvalue weighted by molar-refractivity contribution is 9.10. The van der Waals surface area contributed by atoms with Gasteiger partial charge in [0.05, 0.1) is 17.4 Å². The first kappa shape index (κ1) is 14.5. The molecule has 22 heavy (non-hydrogen) atoms. The van der Waals surface area contributed by atoms with Crippen LogP contribution in [-0.4, -0.2) is 15.7 Å². The lowest BCUT2D eigenvalue weighted by atomic mass is 10.2. The van der Waals surface area contributed by atoms with Crippen LogP contribution in [-0.2, 0) is 6.54 Å². The number of carbonyl (C=O) groups excluding carboxylic acids is 1. The summed E-state index contributed by atoms with van der Waals surface area (Å²) in [6.07, 6.45) is 3.30. The van der Waals surface area contributed by atoms with Crippen molar-refractivity contribution in [2.24, 2.45) is 0 Å². The molecule has 0 saturated carbocycles. The van der Waals surface area contributed by atoms with Crippen molar-refractivity contribution in [2.45, 2.75) is 6.54 Å². The van der Waals surface area contributed by atoms with Crippen molar-refractivity contribution in [3.63, 3.8) is 0 Å². The van der Waals surface area contributed by atoms with E-state index in [1.807, 2.05) is 54.6 Å². The molecule has 0 aliphatic heterocycles. The first-order valence-electron chi connectivity index (χ1n) is 6.85. The molecule has 0 aliphatic rings. The van der Waals surface area contributed by atoms with E-state index in [1.54, 1.807) is 17.1 Å². The van der Waals surface area contributed by atoms with E-state index in [4.69, 9.17) is 0 Å². The van der Waals surface area contributed by atoms with E-state index in [2.05, 4.69) is 26.3 Å². The van der Waals surface area contributed by atoms with Gasteiger partial charge in [0.15, 0.2) is 0 Å². The van der Waals surface area contributed by atoms with Crippen LogP contribution in [0.2, 0.25) is 0 Å². The van der Waals surface area contributed by atoms with Crippen LogP contribution in [0.25, 0.3) is 5.69 Å². The summed E-state index contributed by atoms with van der Waals surface area (Å²) in [6, 6.07) is 17.6. The van der Waals surface area contributed by atoms with E-state index in [0.717, 1.165) is 15.7 Å². The van der Waals surface area contributed by atoms with Crippen molar-refractivity contribution in [1.29, 1.82) is 0 Å². The van der Waals surface area contributed by atoms with E-state index in [0.29, 0.717) is 12.1 Å². The third kappa shape index (κ3) is 3.43. The number of nitrogens with one attached hydrogen (secondary N) is 1. The van der Waals surface area contributed by atoms with Gasteiger partial charge in [-0.2, -0.15) is 5.10 Å². The zero-order valence-electron chi connectivity index (χ0n) is 11.7. The molecule has 110 valence electrons. The Morgan fingerprint density at radius 2 is 1.82 bits per heavy atom. The smallest absolute Gasteiger partial charge is 0.254 e. The Hall–Kier alpha value is -2.40. The first-order chi connectivity index (χ1) is 10.7. The fourth-order valence-electron chi connectivity index (χ4n) is 2.06. The molecule has 1 N–H and O–H groups in total. The van der Waals surface area contributed by atoms with Crippen molar-refractivity contribution in [3.05, 3.63) is 82.6 Å². The Labute approximate surface area is 136 Å². The molecule has 0 radical (unpaired) electrons. The second-order valence-corrected chi connectivity index (χ2v) is 5.73. The van der Waals surface area contributed by atoms with Gasteiger partial charge in [-0.05, 0) is 29.8 Å². The maximum Gasteiger partial charge on any atom is 0.254 e. The molecule has 0 unspecified atom stereocenters. The minimum atomic E-state index is -0.132. The molecule has 2 aromatic carbocycles. The van der Waals surface area contributed by atoms with E-state index in [1.165, 1.54) is 0 Å². The topological polar surface area (TPSA) is 46.9 Å². The molecule has 0 spiro atoms. The number of amides is 1. The molecule has 0 aliphatic carbocycles. The van der Waals surface area contributed by atoms with Gasteiger partial charge >= 0.3 is 0 Å². The Kier molecular flexibility index (Phi) is 4.34. The lowest BCUT2D eigenvalue weighted by Crippen LogP contribution is -2.22. The maximum atomic E-state index is 12.1. The summed E-state index contributed by atoms with van der Waals surface area (Å²) in [4.78, 5) is 12.1. The summed E-state index contributed by atoms with van der Waals surface area (Å²) in [5.41, 5.74) is 2.51. The molecular weight excluding hydrogens is 342 g/mol. The molecule has 1 aromatic heterocycles. The monoisotopic (exact) mass is 355 g/mol. The number of rotatable bonds is 4. The molecule has 0 fully saturated rings. The van der Waals surface area contributed by atoms with Gasteiger partial charge in [0.25, 0.3) is 5.91 Å². The van der Waals surface area contributed by atoms with Crippen LogP contribution in [0.15, 0.2) is 71.5 Å². The molecule has 5 heteroatoms. The van der Waals surface area contributed by atoms with Gasteiger partial charge in [-0.15, -0.1) is 0 Å². The molecule has 3 aromatic rings. The van der Waals surface area contributed by atoms with Gasteiger partial charge in [0.1, 0.15) is 0 Å². The summed E-state index contributed by atoms with van der Waals surface area (Å²) >= 11 is 3.40. The van der Waals surface area contributed by atoms with Crippen molar-refractivity contribution >= 4 is 21.8 Å². The Bertz CT molecular complexity index is 766. The number of nitrogens with zero attached hydrogens (tertiary/aromatic N) is 2. The van der Waals surface area contributed by atoms with E-state index < -0.39 is 0 Å². The third-order valence-corrected chi connectivity index (χ3v) is 3.76. The number of benzene rings is 2. The number of carbonyl (C=O) groups is 1. The minimum Gasteiger partial charge on any atom is -0.348 e. The van der Waals surface area contributed by atoms with Crippen LogP contribution in [0, 0.1) is 0 Å². The zero-order chi connectivity index (χ0) is 15.4. The molecule has 3 rings (SSSR count). The van der Waals surface area contributed by atoms with Crippen LogP contribution in [0.5, 0.6) is 0 Å². The average Bonchev–Trinajstić information content (AvgIpc) is 3.04. The highest BCUT2D eigenvalue weighted by Crippen LogP contribution is 2.14. The number of hydrogen-bond donors (Lipinski definition) is 1. The standard InChI is InChI=1S/C17H14BrN3O/c18-15-6-8-16(9-7-15)21-12-14(11-20-21)17(22)19-10-13-4-2-1-3-5-13/h1-9,11-12H,10H2,(H,19,22). The SMILES string of the molecule is O=C(NCc1ccccc1)c1cnn(-c2ccc(Br)cc2)c1. The molecule has 0 atom stereocenters. The summed E-state index contributed by atoms with van der Waals surface area (Å²) in [5, 5.41) is 7.12. The number of hydrogen-bond acceptors (Lipinski definition) is 2. The predicted octanol–water partition coefficient (Wildman–Crippen LogP) is 3.56. The van der Waals surface area contributed by atoms with Crippen LogP contribution >= 0.6 is 15.9 Å². The molecule has 0 bridgehead atoms. The van der Waals surface area contributed by atoms with Crippen LogP contribution in [0.4, 0.5) is 0 Å². The van der Waals surface area contributed by atoms with E-state index in [9.17, 15) is 4.79 Å². The van der Waals surface area contributed by atoms with Gasteiger partial charge in [-0.3, -0.25) is 4.79 Å². The highest BCUT2D eigenvalue weighted by atomic mass is 79.9. The lowest BCUT2D eigenvalue weighted by molar-refractivity contribution is 0.0951. The van der Waals surface area contributed by atoms with E-state index >= 15 is 0 Å². The van der Waals surface area contributed by atoms with Gasteiger partial charge in [0, 0.05) is 17.2 Å². The Morgan fingerprint density at radius 1 is 1.09 bits per heavy atom. The maximum absolute atomic E-state index is 12.1. The highest BCUT2D eigenvalue weighted by Gasteiger charge is 2.09. The van der Waals surface area contributed by atoms with Crippen molar-refractivity contribution in [2.75, 3.05) is 0 Å². The quantitative estimate of drug-likeness (QED) is 0.777. The molecule has 1 heterocycles. The number of aromatic nitrogens is 2. The van der Waals surface area contributed by atoms with E-state index in [-0.39, 0.29) is 5.91 Å². The molecular formula is C17H14BrN3O. The summed E-state index contributed by atoms with van der Waals surface area (Å²) in [7, 11) is 0. The fourth-order valence-corrected chi connectivity index (χ4v) is 2.32. The molecule has 0 saturated heterocycles. The van der Waals surface area contributed by atoms with Crippen LogP contribution < -0.4 is 5.32 Å². The molecule has 4 nitrogen and oxygen atoms in total. The first-order valence-corrected chi connectivity index (χ1v) is 7.64. The summed E-state index contributed by atoms with van der Waals surface area (Å²) < 4.78 is 2.69. The van der Waals surface area contributed by atoms with Gasteiger partial charge < -0.3 is 5.32 Å². The zero-order valence-corrected chi connectivity index (χ0v) is 13.3. The minimum absolute atomic E-state index is 0.132. The van der Waals surface area contributed by atoms with Crippen LogP contribution in [0.3, 0.4) is 0 Å². The predicted molar refractivity (Wildman–Crippen MR) is 88.9 cm³/mol. The van der Waals surface area contributed by atoms with Gasteiger partial charge in [0.2, 0.25) is 0 Å². The fraction of sp³-hybridized carbons (Fsp3) is 0.0588. The molecule has 1 amide bonds. The van der Waals surface area contributed by atoms with Crippen molar-refractivity contribution in [1.82, 2.24) is 15.1 Å².